The number of aryl methyl sites for hydroxylation is 3. The van der Waals surface area contributed by atoms with Gasteiger partial charge in [-0.05, 0) is 36.8 Å². The van der Waals surface area contributed by atoms with Crippen molar-refractivity contribution in [2.45, 2.75) is 27.2 Å². The van der Waals surface area contributed by atoms with Gasteiger partial charge in [0.1, 0.15) is 5.65 Å². The van der Waals surface area contributed by atoms with E-state index >= 15 is 0 Å². The summed E-state index contributed by atoms with van der Waals surface area (Å²) in [7, 11) is 0. The maximum absolute atomic E-state index is 4.70. The molecule has 0 spiro atoms. The Balaban J connectivity index is 2.46. The molecule has 2 aromatic heterocycles. The molecule has 0 saturated heterocycles. The Morgan fingerprint density at radius 3 is 2.43 bits per heavy atom. The van der Waals surface area contributed by atoms with Crippen molar-refractivity contribution in [1.82, 2.24) is 9.38 Å². The van der Waals surface area contributed by atoms with Crippen LogP contribution in [0.2, 0.25) is 0 Å². The summed E-state index contributed by atoms with van der Waals surface area (Å²) in [5.74, 6) is 0. The van der Waals surface area contributed by atoms with Crippen molar-refractivity contribution < 1.29 is 0 Å². The fourth-order valence-electron chi connectivity index (χ4n) is 3.40. The summed E-state index contributed by atoms with van der Waals surface area (Å²) in [6, 6.07) is 13.0. The van der Waals surface area contributed by atoms with E-state index in [0.717, 1.165) is 12.1 Å². The van der Waals surface area contributed by atoms with Gasteiger partial charge in [0.15, 0.2) is 0 Å². The van der Waals surface area contributed by atoms with E-state index in [9.17, 15) is 0 Å². The number of nitrogens with zero attached hydrogens (tertiary/aromatic N) is 2. The zero-order valence-corrected chi connectivity index (χ0v) is 12.6. The Kier molecular flexibility index (Phi) is 2.55. The van der Waals surface area contributed by atoms with E-state index in [4.69, 9.17) is 4.98 Å². The molecule has 0 saturated carbocycles. The average Bonchev–Trinajstić information content (AvgIpc) is 2.94. The summed E-state index contributed by atoms with van der Waals surface area (Å²) in [5.41, 5.74) is 6.28. The third-order valence-electron chi connectivity index (χ3n) is 4.45. The van der Waals surface area contributed by atoms with Gasteiger partial charge in [-0.2, -0.15) is 0 Å². The first kappa shape index (κ1) is 12.4. The zero-order valence-electron chi connectivity index (χ0n) is 12.6. The van der Waals surface area contributed by atoms with E-state index in [0.29, 0.717) is 0 Å². The molecule has 0 atom stereocenters. The van der Waals surface area contributed by atoms with Gasteiger partial charge < -0.3 is 0 Å². The fourth-order valence-corrected chi connectivity index (χ4v) is 3.40. The van der Waals surface area contributed by atoms with E-state index in [-0.39, 0.29) is 0 Å². The molecular weight excluding hydrogens is 256 g/mol. The van der Waals surface area contributed by atoms with Crippen LogP contribution in [0.5, 0.6) is 0 Å². The molecular formula is C19H18N2. The molecule has 0 aliphatic rings. The number of pyridine rings is 1. The van der Waals surface area contributed by atoms with Gasteiger partial charge in [-0.25, -0.2) is 4.98 Å². The molecule has 104 valence electrons. The molecule has 0 N–H and O–H groups in total. The zero-order chi connectivity index (χ0) is 14.6. The molecule has 0 amide bonds. The standard InChI is InChI=1S/C19H18N2/c1-4-14-11-20-19-16-8-6-5-7-15(16)17-12(2)9-10-13(3)18(17)21(14)19/h5-11H,4H2,1-3H3. The highest BCUT2D eigenvalue weighted by Crippen LogP contribution is 2.33. The Labute approximate surface area is 124 Å². The number of hydrogen-bond donors (Lipinski definition) is 0. The van der Waals surface area contributed by atoms with Gasteiger partial charge >= 0.3 is 0 Å². The molecule has 2 aromatic carbocycles. The number of imidazole rings is 1. The molecule has 2 heteroatoms. The van der Waals surface area contributed by atoms with Crippen molar-refractivity contribution >= 4 is 27.3 Å². The quantitative estimate of drug-likeness (QED) is 0.455. The Morgan fingerprint density at radius 1 is 0.952 bits per heavy atom. The third kappa shape index (κ3) is 1.56. The van der Waals surface area contributed by atoms with Gasteiger partial charge in [-0.3, -0.25) is 4.40 Å². The predicted octanol–water partition coefficient (Wildman–Crippen LogP) is 4.82. The van der Waals surface area contributed by atoms with E-state index in [1.807, 2.05) is 6.20 Å². The lowest BCUT2D eigenvalue weighted by Gasteiger charge is -2.14. The number of benzene rings is 2. The first-order valence-electron chi connectivity index (χ1n) is 7.49. The van der Waals surface area contributed by atoms with Crippen LogP contribution in [-0.4, -0.2) is 9.38 Å². The summed E-state index contributed by atoms with van der Waals surface area (Å²) in [5, 5.41) is 3.89. The van der Waals surface area contributed by atoms with E-state index < -0.39 is 0 Å². The average molecular weight is 274 g/mol. The second-order valence-electron chi connectivity index (χ2n) is 5.73. The normalized spacial score (nSPS) is 11.8. The molecule has 0 aliphatic heterocycles. The van der Waals surface area contributed by atoms with Gasteiger partial charge in [-0.1, -0.05) is 43.3 Å². The molecule has 0 radical (unpaired) electrons. The minimum Gasteiger partial charge on any atom is -0.296 e. The largest absolute Gasteiger partial charge is 0.296 e. The lowest BCUT2D eigenvalue weighted by molar-refractivity contribution is 1.02. The third-order valence-corrected chi connectivity index (χ3v) is 4.45. The van der Waals surface area contributed by atoms with Gasteiger partial charge in [0.25, 0.3) is 0 Å². The first-order valence-corrected chi connectivity index (χ1v) is 7.49. The van der Waals surface area contributed by atoms with Gasteiger partial charge in [-0.15, -0.1) is 0 Å². The minimum absolute atomic E-state index is 0.988. The first-order chi connectivity index (χ1) is 10.2. The number of fused-ring (bicyclic) bond motifs is 6. The van der Waals surface area contributed by atoms with E-state index in [1.165, 1.54) is 38.5 Å². The van der Waals surface area contributed by atoms with Crippen LogP contribution in [0.15, 0.2) is 42.6 Å². The summed E-state index contributed by atoms with van der Waals surface area (Å²) in [6.45, 7) is 6.58. The Hall–Kier alpha value is -2.35. The smallest absolute Gasteiger partial charge is 0.145 e. The topological polar surface area (TPSA) is 17.3 Å². The molecule has 0 bridgehead atoms. The van der Waals surface area contributed by atoms with E-state index in [2.05, 4.69) is 61.6 Å². The Bertz CT molecular complexity index is 993. The van der Waals surface area contributed by atoms with Crippen molar-refractivity contribution in [1.29, 1.82) is 0 Å². The molecule has 0 fully saturated rings. The SMILES string of the molecule is CCc1cnc2c3ccccc3c3c(C)ccc(C)c3n12. The van der Waals surface area contributed by atoms with Crippen LogP contribution in [0, 0.1) is 13.8 Å². The predicted molar refractivity (Wildman–Crippen MR) is 89.1 cm³/mol. The second-order valence-corrected chi connectivity index (χ2v) is 5.73. The van der Waals surface area contributed by atoms with Crippen LogP contribution >= 0.6 is 0 Å². The maximum Gasteiger partial charge on any atom is 0.145 e. The van der Waals surface area contributed by atoms with Gasteiger partial charge in [0.2, 0.25) is 0 Å². The summed E-state index contributed by atoms with van der Waals surface area (Å²) in [4.78, 5) is 4.70. The summed E-state index contributed by atoms with van der Waals surface area (Å²) in [6.07, 6.45) is 3.00. The van der Waals surface area contributed by atoms with Crippen LogP contribution in [0.3, 0.4) is 0 Å². The van der Waals surface area contributed by atoms with Crippen LogP contribution in [-0.2, 0) is 6.42 Å². The molecule has 4 rings (SSSR count). The minimum atomic E-state index is 0.988. The van der Waals surface area contributed by atoms with Crippen LogP contribution < -0.4 is 0 Å². The van der Waals surface area contributed by atoms with Crippen molar-refractivity contribution in [2.75, 3.05) is 0 Å². The van der Waals surface area contributed by atoms with Crippen LogP contribution in [0.4, 0.5) is 0 Å². The maximum atomic E-state index is 4.70. The molecule has 4 aromatic rings. The van der Waals surface area contributed by atoms with Crippen molar-refractivity contribution in [3.05, 3.63) is 59.4 Å². The highest BCUT2D eigenvalue weighted by molar-refractivity contribution is 6.13. The van der Waals surface area contributed by atoms with Crippen LogP contribution in [0.25, 0.3) is 27.3 Å². The number of aromatic nitrogens is 2. The monoisotopic (exact) mass is 274 g/mol. The van der Waals surface area contributed by atoms with Crippen LogP contribution in [0.1, 0.15) is 23.7 Å². The molecule has 2 nitrogen and oxygen atoms in total. The molecule has 0 unspecified atom stereocenters. The number of rotatable bonds is 1. The summed E-state index contributed by atoms with van der Waals surface area (Å²) >= 11 is 0. The van der Waals surface area contributed by atoms with E-state index in [1.54, 1.807) is 0 Å². The Morgan fingerprint density at radius 2 is 1.67 bits per heavy atom. The highest BCUT2D eigenvalue weighted by atomic mass is 15.0. The lowest BCUT2D eigenvalue weighted by Crippen LogP contribution is -1.98. The van der Waals surface area contributed by atoms with Crippen molar-refractivity contribution in [3.8, 4) is 0 Å². The highest BCUT2D eigenvalue weighted by Gasteiger charge is 2.14. The number of hydrogen-bond acceptors (Lipinski definition) is 1. The lowest BCUT2D eigenvalue weighted by atomic mass is 9.99. The fraction of sp³-hybridized carbons (Fsp3) is 0.211. The van der Waals surface area contributed by atoms with Gasteiger partial charge in [0.05, 0.1) is 5.52 Å². The molecule has 0 aliphatic carbocycles. The summed E-state index contributed by atoms with van der Waals surface area (Å²) < 4.78 is 2.35. The second kappa shape index (κ2) is 4.32. The van der Waals surface area contributed by atoms with Gasteiger partial charge in [0, 0.05) is 22.7 Å². The van der Waals surface area contributed by atoms with Crippen molar-refractivity contribution in [3.63, 3.8) is 0 Å². The molecule has 2 heterocycles. The van der Waals surface area contributed by atoms with Crippen molar-refractivity contribution in [2.24, 2.45) is 0 Å². The molecule has 21 heavy (non-hydrogen) atoms.